The molecule has 0 aliphatic heterocycles. The number of benzene rings is 1. The smallest absolute Gasteiger partial charge is 0.217 e. The second-order valence-electron chi connectivity index (χ2n) is 5.48. The molecular formula is C17H15FN6O. The zero-order valence-corrected chi connectivity index (χ0v) is 13.3. The Morgan fingerprint density at radius 3 is 2.88 bits per heavy atom. The highest BCUT2D eigenvalue weighted by atomic mass is 19.1. The molecule has 0 saturated heterocycles. The van der Waals surface area contributed by atoms with Gasteiger partial charge < -0.3 is 4.42 Å². The van der Waals surface area contributed by atoms with Crippen LogP contribution in [0.25, 0.3) is 17.3 Å². The molecule has 0 radical (unpaired) electrons. The van der Waals surface area contributed by atoms with Gasteiger partial charge in [0.15, 0.2) is 5.76 Å². The summed E-state index contributed by atoms with van der Waals surface area (Å²) in [5, 5.41) is 8.57. The summed E-state index contributed by atoms with van der Waals surface area (Å²) in [5.74, 6) is 1.47. The summed E-state index contributed by atoms with van der Waals surface area (Å²) >= 11 is 0. The van der Waals surface area contributed by atoms with Crippen LogP contribution in [0.15, 0.2) is 59.7 Å². The molecule has 8 heteroatoms. The van der Waals surface area contributed by atoms with Gasteiger partial charge in [0.25, 0.3) is 0 Å². The fourth-order valence-electron chi connectivity index (χ4n) is 2.58. The van der Waals surface area contributed by atoms with E-state index in [0.29, 0.717) is 30.2 Å². The van der Waals surface area contributed by atoms with Crippen LogP contribution in [0.3, 0.4) is 0 Å². The van der Waals surface area contributed by atoms with Crippen LogP contribution in [0.2, 0.25) is 0 Å². The van der Waals surface area contributed by atoms with Crippen LogP contribution in [0.5, 0.6) is 0 Å². The molecule has 0 amide bonds. The van der Waals surface area contributed by atoms with Gasteiger partial charge >= 0.3 is 0 Å². The van der Waals surface area contributed by atoms with E-state index in [-0.39, 0.29) is 5.82 Å². The summed E-state index contributed by atoms with van der Waals surface area (Å²) in [5.41, 5.74) is 0.626. The van der Waals surface area contributed by atoms with E-state index in [1.807, 2.05) is 0 Å². The van der Waals surface area contributed by atoms with Crippen LogP contribution in [0.1, 0.15) is 12.2 Å². The number of furan rings is 1. The molecule has 0 atom stereocenters. The van der Waals surface area contributed by atoms with Crippen molar-refractivity contribution in [1.29, 1.82) is 0 Å². The number of hydrogen-bond donors (Lipinski definition) is 0. The third-order valence-electron chi connectivity index (χ3n) is 3.72. The van der Waals surface area contributed by atoms with Crippen LogP contribution in [0, 0.1) is 5.82 Å². The Kier molecular flexibility index (Phi) is 4.07. The van der Waals surface area contributed by atoms with Crippen molar-refractivity contribution >= 4 is 0 Å². The first-order chi connectivity index (χ1) is 12.3. The normalized spacial score (nSPS) is 11.1. The van der Waals surface area contributed by atoms with Gasteiger partial charge in [0.2, 0.25) is 5.82 Å². The molecule has 4 rings (SSSR count). The number of aryl methyl sites for hydroxylation is 2. The van der Waals surface area contributed by atoms with E-state index in [1.165, 1.54) is 18.5 Å². The van der Waals surface area contributed by atoms with E-state index < -0.39 is 0 Å². The second-order valence-corrected chi connectivity index (χ2v) is 5.48. The van der Waals surface area contributed by atoms with Crippen molar-refractivity contribution in [3.05, 3.63) is 67.0 Å². The molecule has 0 N–H and O–H groups in total. The summed E-state index contributed by atoms with van der Waals surface area (Å²) in [7, 11) is 0. The van der Waals surface area contributed by atoms with Crippen molar-refractivity contribution in [2.24, 2.45) is 0 Å². The molecule has 0 aliphatic carbocycles. The monoisotopic (exact) mass is 338 g/mol. The summed E-state index contributed by atoms with van der Waals surface area (Å²) in [4.78, 5) is 8.49. The van der Waals surface area contributed by atoms with E-state index in [9.17, 15) is 4.39 Å². The Labute approximate surface area is 142 Å². The Balaban J connectivity index is 1.63. The molecule has 7 nitrogen and oxygen atoms in total. The van der Waals surface area contributed by atoms with E-state index in [1.54, 1.807) is 46.2 Å². The van der Waals surface area contributed by atoms with Crippen LogP contribution in [-0.4, -0.2) is 29.5 Å². The first-order valence-electron chi connectivity index (χ1n) is 7.88. The van der Waals surface area contributed by atoms with Gasteiger partial charge in [0.05, 0.1) is 12.0 Å². The lowest BCUT2D eigenvalue weighted by Crippen LogP contribution is -2.06. The van der Waals surface area contributed by atoms with Gasteiger partial charge in [-0.05, 0) is 36.8 Å². The van der Waals surface area contributed by atoms with Crippen LogP contribution >= 0.6 is 0 Å². The first-order valence-corrected chi connectivity index (χ1v) is 7.88. The molecule has 0 fully saturated rings. The molecule has 0 aliphatic rings. The number of aromatic nitrogens is 6. The highest BCUT2D eigenvalue weighted by molar-refractivity contribution is 5.47. The van der Waals surface area contributed by atoms with E-state index in [4.69, 9.17) is 4.42 Å². The van der Waals surface area contributed by atoms with Gasteiger partial charge in [-0.2, -0.15) is 5.10 Å². The summed E-state index contributed by atoms with van der Waals surface area (Å²) in [6.07, 6.45) is 6.21. The Morgan fingerprint density at radius 2 is 2.12 bits per heavy atom. The van der Waals surface area contributed by atoms with Gasteiger partial charge in [-0.15, -0.1) is 5.10 Å². The summed E-state index contributed by atoms with van der Waals surface area (Å²) in [6, 6.07) is 9.86. The van der Waals surface area contributed by atoms with Crippen LogP contribution in [-0.2, 0) is 13.0 Å². The molecule has 3 aromatic heterocycles. The number of hydrogen-bond acceptors (Lipinski definition) is 5. The molecule has 0 unspecified atom stereocenters. The summed E-state index contributed by atoms with van der Waals surface area (Å²) < 4.78 is 22.4. The van der Waals surface area contributed by atoms with Crippen molar-refractivity contribution in [2.75, 3.05) is 0 Å². The lowest BCUT2D eigenvalue weighted by Gasteiger charge is -2.06. The zero-order chi connectivity index (χ0) is 17.1. The SMILES string of the molecule is Fc1cccc(-n2nc(-c3ccco3)nc2CCCn2cncn2)c1. The minimum atomic E-state index is -0.318. The van der Waals surface area contributed by atoms with Gasteiger partial charge in [-0.1, -0.05) is 6.07 Å². The average molecular weight is 338 g/mol. The number of rotatable bonds is 6. The molecular weight excluding hydrogens is 323 g/mol. The Bertz CT molecular complexity index is 946. The van der Waals surface area contributed by atoms with E-state index in [2.05, 4.69) is 20.2 Å². The van der Waals surface area contributed by atoms with Crippen molar-refractivity contribution in [1.82, 2.24) is 29.5 Å². The quantitative estimate of drug-likeness (QED) is 0.540. The average Bonchev–Trinajstić information content (AvgIpc) is 3.36. The fourth-order valence-corrected chi connectivity index (χ4v) is 2.58. The lowest BCUT2D eigenvalue weighted by atomic mass is 10.2. The van der Waals surface area contributed by atoms with Crippen molar-refractivity contribution in [2.45, 2.75) is 19.4 Å². The van der Waals surface area contributed by atoms with Gasteiger partial charge in [-0.3, -0.25) is 4.68 Å². The minimum absolute atomic E-state index is 0.318. The Hall–Kier alpha value is -3.29. The summed E-state index contributed by atoms with van der Waals surface area (Å²) in [6.45, 7) is 0.714. The highest BCUT2D eigenvalue weighted by Gasteiger charge is 2.15. The van der Waals surface area contributed by atoms with E-state index in [0.717, 1.165) is 12.2 Å². The molecule has 0 spiro atoms. The number of halogens is 1. The molecule has 126 valence electrons. The lowest BCUT2D eigenvalue weighted by molar-refractivity contribution is 0.564. The number of nitrogens with zero attached hydrogens (tertiary/aromatic N) is 6. The van der Waals surface area contributed by atoms with Crippen LogP contribution in [0.4, 0.5) is 4.39 Å². The van der Waals surface area contributed by atoms with Gasteiger partial charge in [0.1, 0.15) is 24.3 Å². The predicted octanol–water partition coefficient (Wildman–Crippen LogP) is 2.89. The molecule has 3 heterocycles. The van der Waals surface area contributed by atoms with Crippen molar-refractivity contribution in [3.8, 4) is 17.3 Å². The third-order valence-corrected chi connectivity index (χ3v) is 3.72. The van der Waals surface area contributed by atoms with Gasteiger partial charge in [0, 0.05) is 13.0 Å². The molecule has 0 saturated carbocycles. The van der Waals surface area contributed by atoms with Gasteiger partial charge in [-0.25, -0.2) is 19.0 Å². The highest BCUT2D eigenvalue weighted by Crippen LogP contribution is 2.20. The topological polar surface area (TPSA) is 74.6 Å². The minimum Gasteiger partial charge on any atom is -0.461 e. The standard InChI is InChI=1S/C17H15FN6O/c18-13-4-1-5-14(10-13)24-16(7-2-8-23-12-19-11-20-23)21-17(22-24)15-6-3-9-25-15/h1,3-6,9-12H,2,7-8H2. The predicted molar refractivity (Wildman–Crippen MR) is 87.4 cm³/mol. The molecule has 25 heavy (non-hydrogen) atoms. The maximum atomic E-state index is 13.6. The largest absolute Gasteiger partial charge is 0.461 e. The molecule has 4 aromatic rings. The molecule has 1 aromatic carbocycles. The maximum absolute atomic E-state index is 13.6. The Morgan fingerprint density at radius 1 is 1.16 bits per heavy atom. The zero-order valence-electron chi connectivity index (χ0n) is 13.3. The third kappa shape index (κ3) is 3.32. The molecule has 0 bridgehead atoms. The fraction of sp³-hybridized carbons (Fsp3) is 0.176. The second kappa shape index (κ2) is 6.68. The first kappa shape index (κ1) is 15.3. The van der Waals surface area contributed by atoms with E-state index >= 15 is 0 Å². The van der Waals surface area contributed by atoms with Crippen LogP contribution < -0.4 is 0 Å². The van der Waals surface area contributed by atoms with Crippen molar-refractivity contribution in [3.63, 3.8) is 0 Å². The van der Waals surface area contributed by atoms with Crippen molar-refractivity contribution < 1.29 is 8.81 Å². The maximum Gasteiger partial charge on any atom is 0.217 e.